The van der Waals surface area contributed by atoms with Crippen molar-refractivity contribution in [3.05, 3.63) is 59.4 Å². The number of hydrogen-bond donors (Lipinski definition) is 0. The van der Waals surface area contributed by atoms with Gasteiger partial charge in [-0.3, -0.25) is 0 Å². The van der Waals surface area contributed by atoms with Gasteiger partial charge in [0, 0.05) is 18.1 Å². The summed E-state index contributed by atoms with van der Waals surface area (Å²) in [6.45, 7) is 0. The van der Waals surface area contributed by atoms with E-state index in [0.29, 0.717) is 34.8 Å². The van der Waals surface area contributed by atoms with Gasteiger partial charge in [-0.25, -0.2) is 12.8 Å². The maximum Gasteiger partial charge on any atom is 0.247 e. The van der Waals surface area contributed by atoms with Crippen LogP contribution in [0.2, 0.25) is 0 Å². The molecule has 0 saturated heterocycles. The van der Waals surface area contributed by atoms with Gasteiger partial charge in [0.2, 0.25) is 10.0 Å². The molecule has 1 aliphatic rings. The highest BCUT2D eigenvalue weighted by atomic mass is 32.2. The predicted octanol–water partition coefficient (Wildman–Crippen LogP) is 2.95. The third-order valence-corrected chi connectivity index (χ3v) is 5.17. The zero-order valence-corrected chi connectivity index (χ0v) is 15.5. The number of sulfonamides is 1. The summed E-state index contributed by atoms with van der Waals surface area (Å²) in [6, 6.07) is 10.5. The van der Waals surface area contributed by atoms with Gasteiger partial charge in [-0.2, -0.15) is 9.52 Å². The molecule has 0 spiro atoms. The lowest BCUT2D eigenvalue weighted by atomic mass is 9.99. The molecule has 6 nitrogen and oxygen atoms in total. The number of hydrazone groups is 1. The summed E-state index contributed by atoms with van der Waals surface area (Å²) >= 11 is 0. The molecule has 0 aliphatic carbocycles. The topological polar surface area (TPSA) is 68.2 Å². The summed E-state index contributed by atoms with van der Waals surface area (Å²) in [7, 11) is -0.511. The first-order chi connectivity index (χ1) is 12.3. The number of halogens is 1. The molecule has 1 heterocycles. The van der Waals surface area contributed by atoms with E-state index in [1.807, 2.05) is 0 Å². The lowest BCUT2D eigenvalue weighted by molar-refractivity contribution is 0.374. The lowest BCUT2D eigenvalue weighted by Crippen LogP contribution is -2.25. The van der Waals surface area contributed by atoms with E-state index in [0.717, 1.165) is 10.7 Å². The Balaban J connectivity index is 2.03. The average Bonchev–Trinajstić information content (AvgIpc) is 3.07. The largest absolute Gasteiger partial charge is 0.497 e. The molecule has 3 rings (SSSR count). The van der Waals surface area contributed by atoms with E-state index >= 15 is 0 Å². The Bertz CT molecular complexity index is 920. The highest BCUT2D eigenvalue weighted by Crippen LogP contribution is 2.36. The Hall–Kier alpha value is -2.61. The third kappa shape index (κ3) is 3.65. The summed E-state index contributed by atoms with van der Waals surface area (Å²) < 4.78 is 49.2. The smallest absolute Gasteiger partial charge is 0.247 e. The minimum atomic E-state index is -3.59. The molecular weight excluding hydrogens is 359 g/mol. The molecule has 0 amide bonds. The number of methoxy groups -OCH3 is 2. The number of benzene rings is 2. The standard InChI is InChI=1S/C18H19FN2O4S/c1-24-15-8-13(9-16(10-15)25-2)17-11-18(21(20-17)26(3,22)23)12-4-6-14(19)7-5-12/h4-10,18H,11H2,1-3H3. The van der Waals surface area contributed by atoms with E-state index in [9.17, 15) is 12.8 Å². The zero-order chi connectivity index (χ0) is 18.9. The van der Waals surface area contributed by atoms with Crippen LogP contribution >= 0.6 is 0 Å². The molecule has 0 fully saturated rings. The van der Waals surface area contributed by atoms with Crippen molar-refractivity contribution in [1.29, 1.82) is 0 Å². The molecule has 0 aromatic heterocycles. The molecule has 26 heavy (non-hydrogen) atoms. The van der Waals surface area contributed by atoms with Crippen LogP contribution < -0.4 is 9.47 Å². The molecule has 1 atom stereocenters. The summed E-state index contributed by atoms with van der Waals surface area (Å²) in [4.78, 5) is 0. The van der Waals surface area contributed by atoms with Crippen LogP contribution in [-0.4, -0.2) is 39.0 Å². The highest BCUT2D eigenvalue weighted by Gasteiger charge is 2.34. The number of ether oxygens (including phenoxy) is 2. The minimum absolute atomic E-state index is 0.356. The van der Waals surface area contributed by atoms with Gasteiger partial charge in [0.25, 0.3) is 0 Å². The van der Waals surface area contributed by atoms with Crippen LogP contribution in [0.3, 0.4) is 0 Å². The van der Waals surface area contributed by atoms with Gasteiger partial charge in [0.1, 0.15) is 17.3 Å². The molecule has 2 aromatic carbocycles. The molecular formula is C18H19FN2O4S. The van der Waals surface area contributed by atoms with Gasteiger partial charge in [-0.15, -0.1) is 0 Å². The molecule has 2 aromatic rings. The summed E-state index contributed by atoms with van der Waals surface area (Å²) in [5.74, 6) is 0.785. The summed E-state index contributed by atoms with van der Waals surface area (Å²) in [5.41, 5.74) is 1.96. The van der Waals surface area contributed by atoms with Crippen LogP contribution in [0, 0.1) is 5.82 Å². The van der Waals surface area contributed by atoms with Crippen LogP contribution in [-0.2, 0) is 10.0 Å². The Morgan fingerprint density at radius 3 is 2.15 bits per heavy atom. The van der Waals surface area contributed by atoms with Crippen molar-refractivity contribution < 1.29 is 22.3 Å². The van der Waals surface area contributed by atoms with Gasteiger partial charge in [0.05, 0.1) is 32.2 Å². The van der Waals surface area contributed by atoms with Crippen LogP contribution in [0.15, 0.2) is 47.6 Å². The van der Waals surface area contributed by atoms with Crippen molar-refractivity contribution in [1.82, 2.24) is 4.41 Å². The SMILES string of the molecule is COc1cc(OC)cc(C2=NN(S(C)(=O)=O)C(c3ccc(F)cc3)C2)c1. The fourth-order valence-corrected chi connectivity index (χ4v) is 3.78. The minimum Gasteiger partial charge on any atom is -0.497 e. The number of rotatable bonds is 5. The van der Waals surface area contributed by atoms with Gasteiger partial charge in [-0.1, -0.05) is 12.1 Å². The van der Waals surface area contributed by atoms with Gasteiger partial charge in [0.15, 0.2) is 0 Å². The van der Waals surface area contributed by atoms with Crippen molar-refractivity contribution in [3.8, 4) is 11.5 Å². The maximum atomic E-state index is 13.2. The Morgan fingerprint density at radius 2 is 1.65 bits per heavy atom. The second-order valence-corrected chi connectivity index (χ2v) is 7.80. The van der Waals surface area contributed by atoms with Crippen LogP contribution in [0.5, 0.6) is 11.5 Å². The molecule has 0 N–H and O–H groups in total. The molecule has 1 aliphatic heterocycles. The highest BCUT2D eigenvalue weighted by molar-refractivity contribution is 7.88. The normalized spacial score (nSPS) is 17.2. The first kappa shape index (κ1) is 18.2. The average molecular weight is 378 g/mol. The van der Waals surface area contributed by atoms with Gasteiger partial charge >= 0.3 is 0 Å². The van der Waals surface area contributed by atoms with E-state index in [-0.39, 0.29) is 5.82 Å². The van der Waals surface area contributed by atoms with Crippen molar-refractivity contribution in [2.75, 3.05) is 20.5 Å². The quantitative estimate of drug-likeness (QED) is 0.802. The van der Waals surface area contributed by atoms with Crippen LogP contribution in [0.1, 0.15) is 23.6 Å². The second kappa shape index (κ2) is 6.95. The van der Waals surface area contributed by atoms with Gasteiger partial charge < -0.3 is 9.47 Å². The van der Waals surface area contributed by atoms with Crippen molar-refractivity contribution in [2.24, 2.45) is 5.10 Å². The molecule has 8 heteroatoms. The Morgan fingerprint density at radius 1 is 1.08 bits per heavy atom. The maximum absolute atomic E-state index is 13.2. The first-order valence-electron chi connectivity index (χ1n) is 7.87. The molecule has 0 radical (unpaired) electrons. The summed E-state index contributed by atoms with van der Waals surface area (Å²) in [5, 5.41) is 4.32. The zero-order valence-electron chi connectivity index (χ0n) is 14.6. The van der Waals surface area contributed by atoms with E-state index < -0.39 is 16.1 Å². The van der Waals surface area contributed by atoms with E-state index in [1.54, 1.807) is 44.6 Å². The lowest BCUT2D eigenvalue weighted by Gasteiger charge is -2.21. The number of hydrogen-bond acceptors (Lipinski definition) is 5. The Labute approximate surface area is 151 Å². The molecule has 0 saturated carbocycles. The van der Waals surface area contributed by atoms with Gasteiger partial charge in [-0.05, 0) is 29.8 Å². The fourth-order valence-electron chi connectivity index (χ4n) is 2.88. The van der Waals surface area contributed by atoms with E-state index in [4.69, 9.17) is 9.47 Å². The molecule has 138 valence electrons. The predicted molar refractivity (Wildman–Crippen MR) is 96.5 cm³/mol. The molecule has 1 unspecified atom stereocenters. The summed E-state index contributed by atoms with van der Waals surface area (Å²) in [6.07, 6.45) is 1.46. The number of nitrogens with zero attached hydrogens (tertiary/aromatic N) is 2. The van der Waals surface area contributed by atoms with E-state index in [1.165, 1.54) is 12.1 Å². The van der Waals surface area contributed by atoms with E-state index in [2.05, 4.69) is 5.10 Å². The third-order valence-electron chi connectivity index (χ3n) is 4.15. The first-order valence-corrected chi connectivity index (χ1v) is 9.72. The molecule has 0 bridgehead atoms. The monoisotopic (exact) mass is 378 g/mol. The second-order valence-electron chi connectivity index (χ2n) is 5.96. The fraction of sp³-hybridized carbons (Fsp3) is 0.278. The van der Waals surface area contributed by atoms with Crippen molar-refractivity contribution in [2.45, 2.75) is 12.5 Å². The van der Waals surface area contributed by atoms with Crippen LogP contribution in [0.25, 0.3) is 0 Å². The van der Waals surface area contributed by atoms with Crippen LogP contribution in [0.4, 0.5) is 4.39 Å². The van der Waals surface area contributed by atoms with Crippen molar-refractivity contribution in [3.63, 3.8) is 0 Å². The van der Waals surface area contributed by atoms with Crippen molar-refractivity contribution >= 4 is 15.7 Å². The Kier molecular flexibility index (Phi) is 4.86.